The lowest BCUT2D eigenvalue weighted by molar-refractivity contribution is 0.353. The van der Waals surface area contributed by atoms with Gasteiger partial charge >= 0.3 is 0 Å². The Hall–Kier alpha value is -0.370. The van der Waals surface area contributed by atoms with Crippen molar-refractivity contribution in [2.24, 2.45) is 5.73 Å². The molecule has 0 aliphatic rings. The number of sulfonamides is 1. The van der Waals surface area contributed by atoms with Crippen molar-refractivity contribution in [1.29, 1.82) is 0 Å². The Labute approximate surface area is 117 Å². The molecule has 0 saturated carbocycles. The molecule has 0 radical (unpaired) electrons. The average Bonchev–Trinajstić information content (AvgIpc) is 2.67. The van der Waals surface area contributed by atoms with Crippen LogP contribution in [0.2, 0.25) is 0 Å². The molecular formula is C11H19BrN2O3S. The SMILES string of the molecule is CCCN(C(C)C)S(=O)(=O)c1cc(CN)oc1Br. The summed E-state index contributed by atoms with van der Waals surface area (Å²) in [4.78, 5) is 0.144. The van der Waals surface area contributed by atoms with E-state index in [1.165, 1.54) is 10.4 Å². The van der Waals surface area contributed by atoms with Crippen LogP contribution in [0.4, 0.5) is 0 Å². The molecule has 0 aliphatic heterocycles. The van der Waals surface area contributed by atoms with Crippen molar-refractivity contribution in [2.45, 2.75) is 44.7 Å². The molecule has 1 aromatic heterocycles. The maximum atomic E-state index is 12.5. The van der Waals surface area contributed by atoms with Crippen LogP contribution in [0.3, 0.4) is 0 Å². The molecule has 1 heterocycles. The van der Waals surface area contributed by atoms with E-state index >= 15 is 0 Å². The van der Waals surface area contributed by atoms with Crippen molar-refractivity contribution >= 4 is 26.0 Å². The molecular weight excluding hydrogens is 320 g/mol. The largest absolute Gasteiger partial charge is 0.452 e. The summed E-state index contributed by atoms with van der Waals surface area (Å²) in [6, 6.07) is 1.38. The van der Waals surface area contributed by atoms with Gasteiger partial charge in [-0.3, -0.25) is 0 Å². The van der Waals surface area contributed by atoms with Crippen molar-refractivity contribution in [3.8, 4) is 0 Å². The van der Waals surface area contributed by atoms with Crippen molar-refractivity contribution in [1.82, 2.24) is 4.31 Å². The van der Waals surface area contributed by atoms with E-state index in [4.69, 9.17) is 10.2 Å². The zero-order chi connectivity index (χ0) is 13.9. The van der Waals surface area contributed by atoms with Gasteiger partial charge in [0.05, 0.1) is 6.54 Å². The Morgan fingerprint density at radius 3 is 2.50 bits per heavy atom. The van der Waals surface area contributed by atoms with Gasteiger partial charge in [0.1, 0.15) is 10.7 Å². The molecule has 0 aromatic carbocycles. The Morgan fingerprint density at radius 2 is 2.11 bits per heavy atom. The van der Waals surface area contributed by atoms with Gasteiger partial charge in [0, 0.05) is 18.7 Å². The van der Waals surface area contributed by atoms with Gasteiger partial charge in [-0.2, -0.15) is 4.31 Å². The molecule has 104 valence electrons. The van der Waals surface area contributed by atoms with E-state index < -0.39 is 10.0 Å². The summed E-state index contributed by atoms with van der Waals surface area (Å²) >= 11 is 3.13. The highest BCUT2D eigenvalue weighted by Gasteiger charge is 2.30. The van der Waals surface area contributed by atoms with Gasteiger partial charge in [0.25, 0.3) is 0 Å². The third-order valence-corrected chi connectivity index (χ3v) is 5.45. The highest BCUT2D eigenvalue weighted by atomic mass is 79.9. The van der Waals surface area contributed by atoms with Gasteiger partial charge in [-0.15, -0.1) is 0 Å². The molecule has 0 saturated heterocycles. The van der Waals surface area contributed by atoms with Gasteiger partial charge in [-0.1, -0.05) is 6.92 Å². The highest BCUT2D eigenvalue weighted by molar-refractivity contribution is 9.10. The fourth-order valence-corrected chi connectivity index (χ4v) is 4.37. The van der Waals surface area contributed by atoms with E-state index in [9.17, 15) is 8.42 Å². The minimum atomic E-state index is -3.55. The maximum absolute atomic E-state index is 12.5. The fourth-order valence-electron chi connectivity index (χ4n) is 1.68. The molecule has 0 atom stereocenters. The molecule has 5 nitrogen and oxygen atoms in total. The van der Waals surface area contributed by atoms with Crippen LogP contribution in [0.1, 0.15) is 33.0 Å². The monoisotopic (exact) mass is 338 g/mol. The second kappa shape index (κ2) is 6.18. The third-order valence-electron chi connectivity index (χ3n) is 2.51. The van der Waals surface area contributed by atoms with Crippen LogP contribution in [-0.4, -0.2) is 25.3 Å². The predicted octanol–water partition coefficient (Wildman–Crippen LogP) is 2.31. The fraction of sp³-hybridized carbons (Fsp3) is 0.636. The number of hydrogen-bond acceptors (Lipinski definition) is 4. The lowest BCUT2D eigenvalue weighted by Gasteiger charge is -2.24. The van der Waals surface area contributed by atoms with Crippen LogP contribution in [0, 0.1) is 0 Å². The van der Waals surface area contributed by atoms with Crippen LogP contribution in [-0.2, 0) is 16.6 Å². The molecule has 0 fully saturated rings. The first-order chi connectivity index (χ1) is 8.34. The lowest BCUT2D eigenvalue weighted by atomic mass is 10.4. The first-order valence-electron chi connectivity index (χ1n) is 5.84. The number of furan rings is 1. The van der Waals surface area contributed by atoms with E-state index in [-0.39, 0.29) is 22.2 Å². The molecule has 2 N–H and O–H groups in total. The summed E-state index contributed by atoms with van der Waals surface area (Å²) in [5.41, 5.74) is 5.45. The van der Waals surface area contributed by atoms with Crippen LogP contribution in [0.25, 0.3) is 0 Å². The zero-order valence-corrected chi connectivity index (χ0v) is 13.2. The Balaban J connectivity index is 3.21. The number of nitrogens with zero attached hydrogens (tertiary/aromatic N) is 1. The first kappa shape index (κ1) is 15.7. The minimum Gasteiger partial charge on any atom is -0.452 e. The molecule has 18 heavy (non-hydrogen) atoms. The first-order valence-corrected chi connectivity index (χ1v) is 8.08. The van der Waals surface area contributed by atoms with E-state index in [2.05, 4.69) is 15.9 Å². The standard InChI is InChI=1S/C11H19BrN2O3S/c1-4-5-14(8(2)3)18(15,16)10-6-9(7-13)17-11(10)12/h6,8H,4-5,7,13H2,1-3H3. The summed E-state index contributed by atoms with van der Waals surface area (Å²) in [6.07, 6.45) is 0.761. The highest BCUT2D eigenvalue weighted by Crippen LogP contribution is 2.29. The number of hydrogen-bond donors (Lipinski definition) is 1. The maximum Gasteiger partial charge on any atom is 0.247 e. The summed E-state index contributed by atoms with van der Waals surface area (Å²) in [6.45, 7) is 6.30. The van der Waals surface area contributed by atoms with E-state index in [0.717, 1.165) is 6.42 Å². The Bertz CT molecular complexity index is 496. The van der Waals surface area contributed by atoms with Crippen LogP contribution >= 0.6 is 15.9 Å². The van der Waals surface area contributed by atoms with E-state index in [1.54, 1.807) is 0 Å². The van der Waals surface area contributed by atoms with Crippen LogP contribution < -0.4 is 5.73 Å². The second-order valence-electron chi connectivity index (χ2n) is 4.26. The van der Waals surface area contributed by atoms with Gasteiger partial charge in [-0.05, 0) is 36.2 Å². The normalized spacial score (nSPS) is 12.6. The molecule has 1 aromatic rings. The van der Waals surface area contributed by atoms with E-state index in [1.807, 2.05) is 20.8 Å². The lowest BCUT2D eigenvalue weighted by Crippen LogP contribution is -2.37. The van der Waals surface area contributed by atoms with Crippen molar-refractivity contribution in [3.63, 3.8) is 0 Å². The molecule has 0 spiro atoms. The summed E-state index contributed by atoms with van der Waals surface area (Å²) in [5.74, 6) is 0.445. The number of halogens is 1. The number of nitrogens with two attached hydrogens (primary N) is 1. The second-order valence-corrected chi connectivity index (χ2v) is 6.84. The summed E-state index contributed by atoms with van der Waals surface area (Å²) in [7, 11) is -3.55. The topological polar surface area (TPSA) is 76.5 Å². The number of rotatable bonds is 6. The molecule has 0 amide bonds. The molecule has 1 rings (SSSR count). The van der Waals surface area contributed by atoms with Crippen LogP contribution in [0.5, 0.6) is 0 Å². The average molecular weight is 339 g/mol. The molecule has 0 unspecified atom stereocenters. The van der Waals surface area contributed by atoms with Crippen molar-refractivity contribution in [3.05, 3.63) is 16.5 Å². The Kier molecular flexibility index (Phi) is 5.39. The third kappa shape index (κ3) is 3.14. The van der Waals surface area contributed by atoms with Crippen molar-refractivity contribution < 1.29 is 12.8 Å². The smallest absolute Gasteiger partial charge is 0.247 e. The molecule has 0 aliphatic carbocycles. The predicted molar refractivity (Wildman–Crippen MR) is 73.6 cm³/mol. The summed E-state index contributed by atoms with van der Waals surface area (Å²) in [5, 5.41) is 0. The van der Waals surface area contributed by atoms with Gasteiger partial charge in [0.2, 0.25) is 10.0 Å². The zero-order valence-electron chi connectivity index (χ0n) is 10.8. The Morgan fingerprint density at radius 1 is 1.50 bits per heavy atom. The summed E-state index contributed by atoms with van der Waals surface area (Å²) < 4.78 is 31.9. The quantitative estimate of drug-likeness (QED) is 0.863. The van der Waals surface area contributed by atoms with Crippen molar-refractivity contribution in [2.75, 3.05) is 6.54 Å². The minimum absolute atomic E-state index is 0.0990. The van der Waals surface area contributed by atoms with Crippen LogP contribution in [0.15, 0.2) is 20.0 Å². The van der Waals surface area contributed by atoms with Gasteiger partial charge in [0.15, 0.2) is 4.67 Å². The van der Waals surface area contributed by atoms with E-state index in [0.29, 0.717) is 12.3 Å². The molecule has 7 heteroatoms. The van der Waals surface area contributed by atoms with Gasteiger partial charge in [-0.25, -0.2) is 8.42 Å². The van der Waals surface area contributed by atoms with Gasteiger partial charge < -0.3 is 10.2 Å². The molecule has 0 bridgehead atoms.